The molecular weight excluding hydrogens is 328 g/mol. The zero-order valence-corrected chi connectivity index (χ0v) is 15.3. The SMILES string of the molecule is O=C(CC1(N2Cc3ccccc3C2=O)CCCCC1)NCC1CCCO1. The summed E-state index contributed by atoms with van der Waals surface area (Å²) in [6, 6.07) is 7.84. The molecule has 0 bridgehead atoms. The van der Waals surface area contributed by atoms with Crippen molar-refractivity contribution in [1.82, 2.24) is 10.2 Å². The molecule has 5 nitrogen and oxygen atoms in total. The van der Waals surface area contributed by atoms with E-state index in [2.05, 4.69) is 5.32 Å². The van der Waals surface area contributed by atoms with Crippen molar-refractivity contribution in [1.29, 1.82) is 0 Å². The smallest absolute Gasteiger partial charge is 0.254 e. The number of fused-ring (bicyclic) bond motifs is 1. The Kier molecular flexibility index (Phi) is 4.98. The number of nitrogens with zero attached hydrogens (tertiary/aromatic N) is 1. The van der Waals surface area contributed by atoms with E-state index in [-0.39, 0.29) is 23.5 Å². The van der Waals surface area contributed by atoms with Crippen molar-refractivity contribution in [2.45, 2.75) is 69.6 Å². The van der Waals surface area contributed by atoms with Crippen LogP contribution in [0.2, 0.25) is 0 Å². The molecule has 2 aliphatic heterocycles. The number of rotatable bonds is 5. The lowest BCUT2D eigenvalue weighted by Gasteiger charge is -2.44. The number of amides is 2. The molecule has 26 heavy (non-hydrogen) atoms. The van der Waals surface area contributed by atoms with E-state index in [0.717, 1.165) is 56.3 Å². The minimum absolute atomic E-state index is 0.0474. The van der Waals surface area contributed by atoms with E-state index in [9.17, 15) is 9.59 Å². The molecule has 1 atom stereocenters. The van der Waals surface area contributed by atoms with Crippen LogP contribution in [0.3, 0.4) is 0 Å². The van der Waals surface area contributed by atoms with Crippen molar-refractivity contribution in [2.75, 3.05) is 13.2 Å². The van der Waals surface area contributed by atoms with Gasteiger partial charge in [0.25, 0.3) is 5.91 Å². The van der Waals surface area contributed by atoms with E-state index < -0.39 is 0 Å². The van der Waals surface area contributed by atoms with Crippen LogP contribution in [0.1, 0.15) is 67.3 Å². The largest absolute Gasteiger partial charge is 0.376 e. The Morgan fingerprint density at radius 3 is 2.73 bits per heavy atom. The molecule has 1 aromatic carbocycles. The third-order valence-electron chi connectivity index (χ3n) is 6.22. The predicted molar refractivity (Wildman–Crippen MR) is 98.7 cm³/mol. The van der Waals surface area contributed by atoms with Crippen molar-refractivity contribution < 1.29 is 14.3 Å². The van der Waals surface area contributed by atoms with E-state index in [4.69, 9.17) is 4.74 Å². The van der Waals surface area contributed by atoms with Gasteiger partial charge in [-0.3, -0.25) is 9.59 Å². The lowest BCUT2D eigenvalue weighted by Crippen LogP contribution is -2.53. The van der Waals surface area contributed by atoms with Crippen LogP contribution in [0.25, 0.3) is 0 Å². The first-order valence-electron chi connectivity index (χ1n) is 9.96. The highest BCUT2D eigenvalue weighted by atomic mass is 16.5. The Labute approximate surface area is 155 Å². The lowest BCUT2D eigenvalue weighted by atomic mass is 9.77. The molecule has 1 saturated carbocycles. The van der Waals surface area contributed by atoms with Crippen molar-refractivity contribution in [3.8, 4) is 0 Å². The van der Waals surface area contributed by atoms with Gasteiger partial charge in [0.2, 0.25) is 5.91 Å². The van der Waals surface area contributed by atoms with E-state index >= 15 is 0 Å². The summed E-state index contributed by atoms with van der Waals surface area (Å²) in [7, 11) is 0. The Morgan fingerprint density at radius 2 is 2.00 bits per heavy atom. The number of ether oxygens (including phenoxy) is 1. The summed E-state index contributed by atoms with van der Waals surface area (Å²) in [5.74, 6) is 0.139. The normalized spacial score (nSPS) is 24.5. The third kappa shape index (κ3) is 3.37. The summed E-state index contributed by atoms with van der Waals surface area (Å²) in [6.45, 7) is 2.02. The van der Waals surface area contributed by atoms with Gasteiger partial charge < -0.3 is 15.0 Å². The summed E-state index contributed by atoms with van der Waals surface area (Å²) in [5.41, 5.74) is 1.55. The van der Waals surface area contributed by atoms with Gasteiger partial charge in [-0.2, -0.15) is 0 Å². The maximum absolute atomic E-state index is 13.0. The minimum Gasteiger partial charge on any atom is -0.376 e. The molecule has 2 fully saturated rings. The first kappa shape index (κ1) is 17.5. The van der Waals surface area contributed by atoms with Gasteiger partial charge in [-0.1, -0.05) is 37.5 Å². The van der Waals surface area contributed by atoms with Crippen LogP contribution in [-0.2, 0) is 16.1 Å². The molecule has 140 valence electrons. The lowest BCUT2D eigenvalue weighted by molar-refractivity contribution is -0.125. The first-order chi connectivity index (χ1) is 12.7. The standard InChI is InChI=1S/C21H28N2O3/c24-19(22-14-17-8-6-12-26-17)13-21(10-4-1-5-11-21)23-15-16-7-2-3-9-18(16)20(23)25/h2-3,7,9,17H,1,4-6,8,10-15H2,(H,22,24). The molecule has 3 aliphatic rings. The van der Waals surface area contributed by atoms with E-state index in [1.807, 2.05) is 29.2 Å². The van der Waals surface area contributed by atoms with Crippen molar-refractivity contribution in [2.24, 2.45) is 0 Å². The maximum atomic E-state index is 13.0. The van der Waals surface area contributed by atoms with Gasteiger partial charge in [-0.05, 0) is 37.3 Å². The summed E-state index contributed by atoms with van der Waals surface area (Å²) in [5, 5.41) is 3.05. The van der Waals surface area contributed by atoms with Gasteiger partial charge in [0.05, 0.1) is 11.6 Å². The molecule has 4 rings (SSSR count). The van der Waals surface area contributed by atoms with Crippen molar-refractivity contribution in [3.63, 3.8) is 0 Å². The van der Waals surface area contributed by atoms with Crippen LogP contribution in [0, 0.1) is 0 Å². The van der Waals surface area contributed by atoms with E-state index in [1.54, 1.807) is 0 Å². The fourth-order valence-corrected chi connectivity index (χ4v) is 4.78. The number of benzene rings is 1. The fraction of sp³-hybridized carbons (Fsp3) is 0.619. The molecule has 0 spiro atoms. The molecule has 2 amide bonds. The molecule has 1 aromatic rings. The third-order valence-corrected chi connectivity index (χ3v) is 6.22. The van der Waals surface area contributed by atoms with Crippen LogP contribution in [0.5, 0.6) is 0 Å². The van der Waals surface area contributed by atoms with Crippen molar-refractivity contribution in [3.05, 3.63) is 35.4 Å². The summed E-state index contributed by atoms with van der Waals surface area (Å²) >= 11 is 0. The first-order valence-corrected chi connectivity index (χ1v) is 9.96. The second-order valence-corrected chi connectivity index (χ2v) is 7.95. The number of carbonyl (C=O) groups is 2. The van der Waals surface area contributed by atoms with Crippen LogP contribution < -0.4 is 5.32 Å². The highest BCUT2D eigenvalue weighted by Crippen LogP contribution is 2.41. The Bertz CT molecular complexity index is 676. The summed E-state index contributed by atoms with van der Waals surface area (Å²) in [4.78, 5) is 27.7. The van der Waals surface area contributed by atoms with Gasteiger partial charge in [0.1, 0.15) is 0 Å². The average molecular weight is 356 g/mol. The van der Waals surface area contributed by atoms with Crippen LogP contribution in [-0.4, -0.2) is 41.5 Å². The number of hydrogen-bond donors (Lipinski definition) is 1. The topological polar surface area (TPSA) is 58.6 Å². The number of hydrogen-bond acceptors (Lipinski definition) is 3. The Hall–Kier alpha value is -1.88. The highest BCUT2D eigenvalue weighted by Gasteiger charge is 2.45. The van der Waals surface area contributed by atoms with Gasteiger partial charge in [-0.15, -0.1) is 0 Å². The Balaban J connectivity index is 1.47. The zero-order chi connectivity index (χ0) is 18.0. The fourth-order valence-electron chi connectivity index (χ4n) is 4.78. The molecule has 2 heterocycles. The number of carbonyl (C=O) groups excluding carboxylic acids is 2. The predicted octanol–water partition coefficient (Wildman–Crippen LogP) is 3.03. The molecule has 1 unspecified atom stereocenters. The second-order valence-electron chi connectivity index (χ2n) is 7.95. The summed E-state index contributed by atoms with van der Waals surface area (Å²) in [6.07, 6.45) is 7.83. The van der Waals surface area contributed by atoms with Crippen LogP contribution in [0.4, 0.5) is 0 Å². The van der Waals surface area contributed by atoms with Gasteiger partial charge in [-0.25, -0.2) is 0 Å². The quantitative estimate of drug-likeness (QED) is 0.882. The second kappa shape index (κ2) is 7.39. The van der Waals surface area contributed by atoms with E-state index in [0.29, 0.717) is 19.5 Å². The molecule has 0 aromatic heterocycles. The molecular formula is C21H28N2O3. The molecule has 1 aliphatic carbocycles. The molecule has 1 N–H and O–H groups in total. The van der Waals surface area contributed by atoms with E-state index in [1.165, 1.54) is 6.42 Å². The van der Waals surface area contributed by atoms with Crippen LogP contribution in [0.15, 0.2) is 24.3 Å². The molecule has 0 radical (unpaired) electrons. The van der Waals surface area contributed by atoms with Gasteiger partial charge in [0, 0.05) is 31.7 Å². The Morgan fingerprint density at radius 1 is 1.19 bits per heavy atom. The monoisotopic (exact) mass is 356 g/mol. The maximum Gasteiger partial charge on any atom is 0.254 e. The van der Waals surface area contributed by atoms with Gasteiger partial charge >= 0.3 is 0 Å². The highest BCUT2D eigenvalue weighted by molar-refractivity contribution is 5.99. The van der Waals surface area contributed by atoms with Crippen molar-refractivity contribution >= 4 is 11.8 Å². The average Bonchev–Trinajstić information content (AvgIpc) is 3.29. The van der Waals surface area contributed by atoms with Crippen LogP contribution >= 0.6 is 0 Å². The molecule has 5 heteroatoms. The summed E-state index contributed by atoms with van der Waals surface area (Å²) < 4.78 is 5.60. The minimum atomic E-state index is -0.338. The molecule has 1 saturated heterocycles. The number of nitrogens with one attached hydrogen (secondary N) is 1. The van der Waals surface area contributed by atoms with Gasteiger partial charge in [0.15, 0.2) is 0 Å². The zero-order valence-electron chi connectivity index (χ0n) is 15.3.